The highest BCUT2D eigenvalue weighted by molar-refractivity contribution is 7.80. The molecule has 6 heteroatoms. The summed E-state index contributed by atoms with van der Waals surface area (Å²) in [5.41, 5.74) is 3.14. The van der Waals surface area contributed by atoms with Crippen molar-refractivity contribution < 1.29 is 9.53 Å². The number of ether oxygens (including phenoxy) is 1. The minimum atomic E-state index is -0.303. The first-order valence-corrected chi connectivity index (χ1v) is 9.45. The fourth-order valence-corrected chi connectivity index (χ4v) is 2.96. The molecule has 28 heavy (non-hydrogen) atoms. The van der Waals surface area contributed by atoms with E-state index in [1.807, 2.05) is 49.4 Å². The molecule has 0 aliphatic heterocycles. The summed E-state index contributed by atoms with van der Waals surface area (Å²) in [4.78, 5) is 12.7. The van der Waals surface area contributed by atoms with Crippen LogP contribution >= 0.6 is 23.8 Å². The summed E-state index contributed by atoms with van der Waals surface area (Å²) in [5.74, 6) is 0.446. The van der Waals surface area contributed by atoms with Gasteiger partial charge in [0.2, 0.25) is 0 Å². The average molecular weight is 411 g/mol. The molecule has 0 aliphatic rings. The molecule has 1 amide bonds. The first-order chi connectivity index (χ1) is 13.5. The van der Waals surface area contributed by atoms with Crippen LogP contribution in [-0.4, -0.2) is 11.0 Å². The van der Waals surface area contributed by atoms with Crippen molar-refractivity contribution in [1.29, 1.82) is 0 Å². The number of amides is 1. The normalized spacial score (nSPS) is 10.2. The Kier molecular flexibility index (Phi) is 6.63. The summed E-state index contributed by atoms with van der Waals surface area (Å²) in [5, 5.41) is 6.42. The molecule has 0 radical (unpaired) electrons. The third kappa shape index (κ3) is 5.55. The lowest BCUT2D eigenvalue weighted by atomic mass is 10.1. The second-order valence-electron chi connectivity index (χ2n) is 6.18. The molecule has 0 saturated carbocycles. The molecule has 4 nitrogen and oxygen atoms in total. The zero-order valence-corrected chi connectivity index (χ0v) is 16.8. The van der Waals surface area contributed by atoms with Gasteiger partial charge in [-0.05, 0) is 55.5 Å². The lowest BCUT2D eigenvalue weighted by molar-refractivity contribution is 0.0975. The van der Waals surface area contributed by atoms with Gasteiger partial charge in [0.15, 0.2) is 5.11 Å². The number of anilines is 1. The van der Waals surface area contributed by atoms with Crippen LogP contribution in [0.5, 0.6) is 5.75 Å². The largest absolute Gasteiger partial charge is 0.489 e. The highest BCUT2D eigenvalue weighted by atomic mass is 35.5. The maximum atomic E-state index is 12.7. The van der Waals surface area contributed by atoms with Crippen molar-refractivity contribution in [3.8, 4) is 5.75 Å². The average Bonchev–Trinajstić information content (AvgIpc) is 2.67. The number of nitrogens with one attached hydrogen (secondary N) is 2. The number of thiocarbonyl (C=S) groups is 1. The van der Waals surface area contributed by atoms with Crippen molar-refractivity contribution in [2.45, 2.75) is 13.5 Å². The summed E-state index contributed by atoms with van der Waals surface area (Å²) in [6.45, 7) is 2.30. The Balaban J connectivity index is 1.64. The Morgan fingerprint density at radius 1 is 1.04 bits per heavy atom. The molecule has 0 fully saturated rings. The van der Waals surface area contributed by atoms with Gasteiger partial charge in [-0.15, -0.1) is 0 Å². The molecule has 0 aromatic heterocycles. The van der Waals surface area contributed by atoms with Crippen molar-refractivity contribution in [2.75, 3.05) is 5.32 Å². The lowest BCUT2D eigenvalue weighted by Crippen LogP contribution is -2.34. The fraction of sp³-hybridized carbons (Fsp3) is 0.0909. The summed E-state index contributed by atoms with van der Waals surface area (Å²) in [7, 11) is 0. The summed E-state index contributed by atoms with van der Waals surface area (Å²) >= 11 is 11.2. The molecule has 3 aromatic rings. The highest BCUT2D eigenvalue weighted by Gasteiger charge is 2.13. The second kappa shape index (κ2) is 9.35. The first-order valence-electron chi connectivity index (χ1n) is 8.66. The predicted octanol–water partition coefficient (Wildman–Crippen LogP) is 5.35. The summed E-state index contributed by atoms with van der Waals surface area (Å²) < 4.78 is 5.81. The van der Waals surface area contributed by atoms with Gasteiger partial charge in [-0.2, -0.15) is 0 Å². The smallest absolute Gasteiger partial charge is 0.257 e. The monoisotopic (exact) mass is 410 g/mol. The van der Waals surface area contributed by atoms with E-state index >= 15 is 0 Å². The third-order valence-electron chi connectivity index (χ3n) is 3.99. The van der Waals surface area contributed by atoms with E-state index in [-0.39, 0.29) is 17.6 Å². The molecular formula is C22H19ClN2O2S. The Labute approximate surface area is 174 Å². The molecule has 142 valence electrons. The second-order valence-corrected chi connectivity index (χ2v) is 7.02. The fourth-order valence-electron chi connectivity index (χ4n) is 2.56. The Hall–Kier alpha value is -2.89. The maximum Gasteiger partial charge on any atom is 0.257 e. The van der Waals surface area contributed by atoms with Crippen LogP contribution in [-0.2, 0) is 6.61 Å². The Bertz CT molecular complexity index is 990. The van der Waals surface area contributed by atoms with Crippen LogP contribution in [0.1, 0.15) is 21.5 Å². The van der Waals surface area contributed by atoms with Gasteiger partial charge >= 0.3 is 0 Å². The lowest BCUT2D eigenvalue weighted by Gasteiger charge is -2.13. The van der Waals surface area contributed by atoms with Crippen LogP contribution in [0.4, 0.5) is 5.69 Å². The van der Waals surface area contributed by atoms with Gasteiger partial charge in [-0.25, -0.2) is 0 Å². The van der Waals surface area contributed by atoms with E-state index in [4.69, 9.17) is 28.6 Å². The van der Waals surface area contributed by atoms with E-state index in [9.17, 15) is 4.79 Å². The molecule has 0 atom stereocenters. The Morgan fingerprint density at radius 3 is 2.54 bits per heavy atom. The topological polar surface area (TPSA) is 50.4 Å². The number of rotatable bonds is 5. The highest BCUT2D eigenvalue weighted by Crippen LogP contribution is 2.17. The molecular weight excluding hydrogens is 392 g/mol. The number of carbonyl (C=O) groups is 1. The van der Waals surface area contributed by atoms with Crippen LogP contribution in [0, 0.1) is 6.92 Å². The maximum absolute atomic E-state index is 12.7. The predicted molar refractivity (Wildman–Crippen MR) is 117 cm³/mol. The number of hydrogen-bond acceptors (Lipinski definition) is 3. The minimum Gasteiger partial charge on any atom is -0.489 e. The van der Waals surface area contributed by atoms with Crippen molar-refractivity contribution >= 4 is 40.5 Å². The molecule has 0 saturated heterocycles. The molecule has 0 spiro atoms. The molecule has 0 heterocycles. The molecule has 2 N–H and O–H groups in total. The van der Waals surface area contributed by atoms with Gasteiger partial charge in [-0.3, -0.25) is 10.1 Å². The van der Waals surface area contributed by atoms with Crippen molar-refractivity contribution in [1.82, 2.24) is 5.32 Å². The standard InChI is InChI=1S/C22H19ClN2O2S/c1-15-9-11-19(12-10-15)27-14-16-5-2-3-8-20(16)21(26)25-22(28)24-18-7-4-6-17(23)13-18/h2-13H,14H2,1H3,(H2,24,25,26,28). The van der Waals surface area contributed by atoms with E-state index in [0.717, 1.165) is 16.9 Å². The van der Waals surface area contributed by atoms with Crippen LogP contribution in [0.25, 0.3) is 0 Å². The zero-order valence-electron chi connectivity index (χ0n) is 15.2. The van der Waals surface area contributed by atoms with Crippen molar-refractivity contribution in [3.63, 3.8) is 0 Å². The number of hydrogen-bond donors (Lipinski definition) is 2. The van der Waals surface area contributed by atoms with Gasteiger partial charge in [-0.1, -0.05) is 53.6 Å². The van der Waals surface area contributed by atoms with E-state index in [1.165, 1.54) is 0 Å². The quantitative estimate of drug-likeness (QED) is 0.556. The Morgan fingerprint density at radius 2 is 1.79 bits per heavy atom. The van der Waals surface area contributed by atoms with Crippen LogP contribution < -0.4 is 15.4 Å². The van der Waals surface area contributed by atoms with Crippen LogP contribution in [0.15, 0.2) is 72.8 Å². The summed E-state index contributed by atoms with van der Waals surface area (Å²) in [6.07, 6.45) is 0. The van der Waals surface area contributed by atoms with E-state index in [1.54, 1.807) is 30.3 Å². The molecule has 0 unspecified atom stereocenters. The van der Waals surface area contributed by atoms with Gasteiger partial charge in [0, 0.05) is 21.8 Å². The SMILES string of the molecule is Cc1ccc(OCc2ccccc2C(=O)NC(=S)Nc2cccc(Cl)c2)cc1. The van der Waals surface area contributed by atoms with Crippen LogP contribution in [0.2, 0.25) is 5.02 Å². The van der Waals surface area contributed by atoms with E-state index in [2.05, 4.69) is 10.6 Å². The van der Waals surface area contributed by atoms with Gasteiger partial charge < -0.3 is 10.1 Å². The van der Waals surface area contributed by atoms with E-state index in [0.29, 0.717) is 16.3 Å². The molecule has 0 bridgehead atoms. The van der Waals surface area contributed by atoms with Gasteiger partial charge in [0.25, 0.3) is 5.91 Å². The molecule has 3 rings (SSSR count). The molecule has 3 aromatic carbocycles. The van der Waals surface area contributed by atoms with Gasteiger partial charge in [0.05, 0.1) is 0 Å². The molecule has 0 aliphatic carbocycles. The van der Waals surface area contributed by atoms with Crippen molar-refractivity contribution in [3.05, 3.63) is 94.5 Å². The number of carbonyl (C=O) groups excluding carboxylic acids is 1. The zero-order chi connectivity index (χ0) is 19.9. The number of halogens is 1. The minimum absolute atomic E-state index is 0.196. The van der Waals surface area contributed by atoms with E-state index < -0.39 is 0 Å². The summed E-state index contributed by atoms with van der Waals surface area (Å²) in [6, 6.07) is 22.1. The number of benzene rings is 3. The first kappa shape index (κ1) is 19.9. The third-order valence-corrected chi connectivity index (χ3v) is 4.43. The number of aryl methyl sites for hydroxylation is 1. The van der Waals surface area contributed by atoms with Crippen molar-refractivity contribution in [2.24, 2.45) is 0 Å². The van der Waals surface area contributed by atoms with Gasteiger partial charge in [0.1, 0.15) is 12.4 Å². The van der Waals surface area contributed by atoms with Crippen LogP contribution in [0.3, 0.4) is 0 Å².